The number of ether oxygens (including phenoxy) is 2. The molecule has 0 aromatic heterocycles. The van der Waals surface area contributed by atoms with Gasteiger partial charge in [0.1, 0.15) is 5.75 Å². The lowest BCUT2D eigenvalue weighted by atomic mass is 10.2. The highest BCUT2D eigenvalue weighted by molar-refractivity contribution is 14.0. The van der Waals surface area contributed by atoms with Crippen molar-refractivity contribution in [2.45, 2.75) is 12.8 Å². The third-order valence-electron chi connectivity index (χ3n) is 4.44. The summed E-state index contributed by atoms with van der Waals surface area (Å²) in [6, 6.07) is 7.51. The van der Waals surface area contributed by atoms with Crippen molar-refractivity contribution in [2.75, 3.05) is 71.6 Å². The van der Waals surface area contributed by atoms with Crippen LogP contribution >= 0.6 is 24.0 Å². The smallest absolute Gasteiger partial charge is 0.193 e. The van der Waals surface area contributed by atoms with E-state index >= 15 is 0 Å². The lowest BCUT2D eigenvalue weighted by Crippen LogP contribution is -2.52. The van der Waals surface area contributed by atoms with Crippen molar-refractivity contribution in [3.63, 3.8) is 0 Å². The van der Waals surface area contributed by atoms with Crippen molar-refractivity contribution < 1.29 is 14.6 Å². The van der Waals surface area contributed by atoms with Crippen LogP contribution in [-0.4, -0.2) is 82.7 Å². The molecule has 8 heteroatoms. The van der Waals surface area contributed by atoms with Gasteiger partial charge in [-0.2, -0.15) is 0 Å². The maximum atomic E-state index is 10.0. The van der Waals surface area contributed by atoms with E-state index in [9.17, 15) is 5.11 Å². The molecule has 27 heavy (non-hydrogen) atoms. The Morgan fingerprint density at radius 3 is 2.52 bits per heavy atom. The topological polar surface area (TPSA) is 69.6 Å². The second kappa shape index (κ2) is 13.8. The molecular formula is C19H33IN4O3. The number of hydrogen-bond donors (Lipinski definition) is 2. The van der Waals surface area contributed by atoms with Gasteiger partial charge in [-0.3, -0.25) is 4.99 Å². The van der Waals surface area contributed by atoms with Crippen molar-refractivity contribution in [2.24, 2.45) is 4.99 Å². The van der Waals surface area contributed by atoms with Gasteiger partial charge in [0.2, 0.25) is 0 Å². The average molecular weight is 492 g/mol. The molecule has 1 heterocycles. The molecule has 1 aliphatic rings. The van der Waals surface area contributed by atoms with Gasteiger partial charge < -0.3 is 29.7 Å². The second-order valence-electron chi connectivity index (χ2n) is 6.25. The zero-order valence-electron chi connectivity index (χ0n) is 16.4. The molecule has 7 nitrogen and oxygen atoms in total. The SMILES string of the molecule is CN=C(NCCCCOCCOC)N1CCN(c2ccccc2O)CC1.I. The number of para-hydroxylation sites is 2. The number of unbranched alkanes of at least 4 members (excludes halogenated alkanes) is 1. The molecule has 1 saturated heterocycles. The van der Waals surface area contributed by atoms with Crippen LogP contribution in [-0.2, 0) is 9.47 Å². The Bertz CT molecular complexity index is 552. The molecule has 0 saturated carbocycles. The van der Waals surface area contributed by atoms with Gasteiger partial charge in [-0.05, 0) is 25.0 Å². The fourth-order valence-electron chi connectivity index (χ4n) is 3.00. The molecule has 1 fully saturated rings. The van der Waals surface area contributed by atoms with Crippen LogP contribution in [0.4, 0.5) is 5.69 Å². The van der Waals surface area contributed by atoms with Crippen LogP contribution in [0, 0.1) is 0 Å². The summed E-state index contributed by atoms with van der Waals surface area (Å²) in [6.07, 6.45) is 2.07. The number of piperazine rings is 1. The minimum atomic E-state index is 0. The molecule has 0 bridgehead atoms. The number of anilines is 1. The van der Waals surface area contributed by atoms with Crippen molar-refractivity contribution in [3.05, 3.63) is 24.3 Å². The summed E-state index contributed by atoms with van der Waals surface area (Å²) in [5.74, 6) is 1.29. The Labute approximate surface area is 179 Å². The zero-order chi connectivity index (χ0) is 18.6. The number of aromatic hydroxyl groups is 1. The maximum absolute atomic E-state index is 10.0. The molecule has 1 aliphatic heterocycles. The van der Waals surface area contributed by atoms with Crippen molar-refractivity contribution in [3.8, 4) is 5.75 Å². The molecule has 0 unspecified atom stereocenters. The summed E-state index contributed by atoms with van der Waals surface area (Å²) in [6.45, 7) is 6.47. The van der Waals surface area contributed by atoms with Crippen LogP contribution in [0.25, 0.3) is 0 Å². The highest BCUT2D eigenvalue weighted by atomic mass is 127. The van der Waals surface area contributed by atoms with Gasteiger partial charge in [0.15, 0.2) is 5.96 Å². The zero-order valence-corrected chi connectivity index (χ0v) is 18.7. The molecule has 154 valence electrons. The summed E-state index contributed by atoms with van der Waals surface area (Å²) < 4.78 is 10.4. The fraction of sp³-hybridized carbons (Fsp3) is 0.632. The maximum Gasteiger partial charge on any atom is 0.193 e. The van der Waals surface area contributed by atoms with Crippen LogP contribution in [0.15, 0.2) is 29.3 Å². The Morgan fingerprint density at radius 2 is 1.85 bits per heavy atom. The first kappa shape index (κ1) is 23.8. The summed E-state index contributed by atoms with van der Waals surface area (Å²) in [5.41, 5.74) is 0.906. The number of methoxy groups -OCH3 is 1. The molecule has 2 rings (SSSR count). The quantitative estimate of drug-likeness (QED) is 0.238. The number of rotatable bonds is 9. The van der Waals surface area contributed by atoms with Crippen LogP contribution in [0.5, 0.6) is 5.75 Å². The van der Waals surface area contributed by atoms with Gasteiger partial charge in [0, 0.05) is 53.5 Å². The number of nitrogens with one attached hydrogen (secondary N) is 1. The van der Waals surface area contributed by atoms with E-state index in [-0.39, 0.29) is 24.0 Å². The van der Waals surface area contributed by atoms with Gasteiger partial charge >= 0.3 is 0 Å². The molecule has 0 amide bonds. The van der Waals surface area contributed by atoms with Gasteiger partial charge in [-0.1, -0.05) is 12.1 Å². The summed E-state index contributed by atoms with van der Waals surface area (Å²) in [5, 5.41) is 13.4. The Kier molecular flexibility index (Phi) is 12.2. The Balaban J connectivity index is 0.00000364. The standard InChI is InChI=1S/C19H32N4O3.HI/c1-20-19(21-9-5-6-14-26-16-15-25-2)23-12-10-22(11-13-23)17-7-3-4-8-18(17)24;/h3-4,7-8,24H,5-6,9-16H2,1-2H3,(H,20,21);1H. The first-order valence-corrected chi connectivity index (χ1v) is 9.31. The van der Waals surface area contributed by atoms with Crippen LogP contribution in [0.2, 0.25) is 0 Å². The average Bonchev–Trinajstić information content (AvgIpc) is 2.68. The third kappa shape index (κ3) is 8.10. The van der Waals surface area contributed by atoms with Gasteiger partial charge in [0.05, 0.1) is 18.9 Å². The molecule has 1 aromatic rings. The molecule has 1 aromatic carbocycles. The number of nitrogens with zero attached hydrogens (tertiary/aromatic N) is 3. The van der Waals surface area contributed by atoms with E-state index in [1.165, 1.54) is 0 Å². The highest BCUT2D eigenvalue weighted by Crippen LogP contribution is 2.27. The molecular weight excluding hydrogens is 459 g/mol. The lowest BCUT2D eigenvalue weighted by Gasteiger charge is -2.37. The first-order chi connectivity index (χ1) is 12.8. The number of benzene rings is 1. The Hall–Kier alpha value is -1.26. The Morgan fingerprint density at radius 1 is 1.11 bits per heavy atom. The predicted octanol–water partition coefficient (Wildman–Crippen LogP) is 2.15. The van der Waals surface area contributed by atoms with Gasteiger partial charge in [-0.25, -0.2) is 0 Å². The number of phenolic OH excluding ortho intramolecular Hbond substituents is 1. The molecule has 0 aliphatic carbocycles. The van der Waals surface area contributed by atoms with Crippen LogP contribution in [0.1, 0.15) is 12.8 Å². The molecule has 0 radical (unpaired) electrons. The summed E-state index contributed by atoms with van der Waals surface area (Å²) in [4.78, 5) is 8.89. The monoisotopic (exact) mass is 492 g/mol. The molecule has 0 atom stereocenters. The minimum Gasteiger partial charge on any atom is -0.506 e. The largest absolute Gasteiger partial charge is 0.506 e. The van der Waals surface area contributed by atoms with E-state index < -0.39 is 0 Å². The third-order valence-corrected chi connectivity index (χ3v) is 4.44. The molecule has 2 N–H and O–H groups in total. The van der Waals surface area contributed by atoms with Crippen molar-refractivity contribution >= 4 is 35.6 Å². The van der Waals surface area contributed by atoms with E-state index in [0.29, 0.717) is 19.0 Å². The highest BCUT2D eigenvalue weighted by Gasteiger charge is 2.21. The number of phenols is 1. The van der Waals surface area contributed by atoms with E-state index in [0.717, 1.165) is 63.8 Å². The van der Waals surface area contributed by atoms with Crippen molar-refractivity contribution in [1.29, 1.82) is 0 Å². The number of guanidine groups is 1. The predicted molar refractivity (Wildman–Crippen MR) is 121 cm³/mol. The van der Waals surface area contributed by atoms with E-state index in [1.54, 1.807) is 13.2 Å². The number of aliphatic imine (C=N–C) groups is 1. The van der Waals surface area contributed by atoms with Gasteiger partial charge in [0.25, 0.3) is 0 Å². The van der Waals surface area contributed by atoms with Gasteiger partial charge in [-0.15, -0.1) is 24.0 Å². The molecule has 0 spiro atoms. The minimum absolute atomic E-state index is 0. The number of hydrogen-bond acceptors (Lipinski definition) is 5. The first-order valence-electron chi connectivity index (χ1n) is 9.31. The van der Waals surface area contributed by atoms with E-state index in [1.807, 2.05) is 25.2 Å². The van der Waals surface area contributed by atoms with Crippen LogP contribution in [0.3, 0.4) is 0 Å². The number of halogens is 1. The second-order valence-corrected chi connectivity index (χ2v) is 6.25. The summed E-state index contributed by atoms with van der Waals surface area (Å²) >= 11 is 0. The normalized spacial score (nSPS) is 14.8. The summed E-state index contributed by atoms with van der Waals surface area (Å²) in [7, 11) is 3.51. The lowest BCUT2D eigenvalue weighted by molar-refractivity contribution is 0.0689. The fourth-order valence-corrected chi connectivity index (χ4v) is 3.00. The van der Waals surface area contributed by atoms with Crippen LogP contribution < -0.4 is 10.2 Å². The van der Waals surface area contributed by atoms with Crippen molar-refractivity contribution in [1.82, 2.24) is 10.2 Å². The van der Waals surface area contributed by atoms with E-state index in [4.69, 9.17) is 9.47 Å². The van der Waals surface area contributed by atoms with E-state index in [2.05, 4.69) is 20.1 Å².